The predicted molar refractivity (Wildman–Crippen MR) is 83.2 cm³/mol. The Morgan fingerprint density at radius 2 is 2.20 bits per heavy atom. The molecule has 0 aromatic carbocycles. The largest absolute Gasteiger partial charge is 0.622 e. The number of halogens is 3. The first-order valence-corrected chi connectivity index (χ1v) is 8.28. The number of rotatable bonds is 6. The van der Waals surface area contributed by atoms with Crippen LogP contribution in [0.2, 0.25) is 0 Å². The van der Waals surface area contributed by atoms with Gasteiger partial charge in [-0.25, -0.2) is 4.90 Å². The standard InChI is InChI=1S/C13H19F3N4O4S/c1-8(23-3)4-5-10(21)24-9-6-19(2)7-20(9,22)12-18-17-11(25-12)13(14,15)16/h8-9H,4-7H2,1-3H3. The van der Waals surface area contributed by atoms with Gasteiger partial charge in [0.1, 0.15) is 6.67 Å². The van der Waals surface area contributed by atoms with Crippen LogP contribution < -0.4 is 4.65 Å². The van der Waals surface area contributed by atoms with Crippen LogP contribution in [0, 0.1) is 5.21 Å². The topological polar surface area (TPSA) is 87.6 Å². The van der Waals surface area contributed by atoms with E-state index in [0.717, 1.165) is 0 Å². The van der Waals surface area contributed by atoms with E-state index in [1.54, 1.807) is 18.9 Å². The summed E-state index contributed by atoms with van der Waals surface area (Å²) in [7, 11) is 3.12. The molecular weight excluding hydrogens is 365 g/mol. The van der Waals surface area contributed by atoms with Crippen LogP contribution in [-0.4, -0.2) is 60.8 Å². The minimum Gasteiger partial charge on any atom is -0.622 e. The second-order valence-corrected chi connectivity index (χ2v) is 6.85. The number of carbonyl (C=O) groups is 1. The number of hydroxylamine groups is 2. The first-order valence-electron chi connectivity index (χ1n) is 7.47. The molecule has 0 radical (unpaired) electrons. The summed E-state index contributed by atoms with van der Waals surface area (Å²) in [5.74, 6) is -0.608. The molecule has 1 aromatic rings. The van der Waals surface area contributed by atoms with Crippen LogP contribution in [0.15, 0.2) is 0 Å². The molecule has 8 nitrogen and oxygen atoms in total. The highest BCUT2D eigenvalue weighted by Crippen LogP contribution is 2.39. The molecule has 1 aliphatic rings. The van der Waals surface area contributed by atoms with Crippen molar-refractivity contribution >= 4 is 22.4 Å². The smallest absolute Gasteiger partial charge is 0.445 e. The molecule has 1 aromatic heterocycles. The molecule has 0 amide bonds. The lowest BCUT2D eigenvalue weighted by atomic mass is 10.2. The second-order valence-electron chi connectivity index (χ2n) is 5.89. The zero-order valence-electron chi connectivity index (χ0n) is 13.9. The Morgan fingerprint density at radius 3 is 2.76 bits per heavy atom. The molecule has 3 atom stereocenters. The molecule has 0 saturated carbocycles. The Bertz CT molecular complexity index is 614. The van der Waals surface area contributed by atoms with Crippen molar-refractivity contribution in [2.45, 2.75) is 38.3 Å². The minimum absolute atomic E-state index is 0.0408. The van der Waals surface area contributed by atoms with Crippen molar-refractivity contribution in [3.05, 3.63) is 10.2 Å². The van der Waals surface area contributed by atoms with Crippen molar-refractivity contribution < 1.29 is 27.4 Å². The molecule has 2 heterocycles. The van der Waals surface area contributed by atoms with E-state index in [1.807, 2.05) is 0 Å². The molecule has 2 rings (SSSR count). The lowest BCUT2D eigenvalue weighted by Gasteiger charge is -2.38. The molecule has 1 saturated heterocycles. The van der Waals surface area contributed by atoms with E-state index in [9.17, 15) is 23.2 Å². The van der Waals surface area contributed by atoms with E-state index in [0.29, 0.717) is 6.42 Å². The Labute approximate surface area is 146 Å². The molecule has 0 aliphatic carbocycles. The summed E-state index contributed by atoms with van der Waals surface area (Å²) in [6.45, 7) is 1.69. The molecule has 25 heavy (non-hydrogen) atoms. The van der Waals surface area contributed by atoms with Crippen molar-refractivity contribution in [3.63, 3.8) is 0 Å². The minimum atomic E-state index is -4.68. The van der Waals surface area contributed by atoms with E-state index in [-0.39, 0.29) is 42.2 Å². The number of alkyl halides is 3. The predicted octanol–water partition coefficient (Wildman–Crippen LogP) is 1.95. The van der Waals surface area contributed by atoms with Gasteiger partial charge >= 0.3 is 17.3 Å². The Hall–Kier alpha value is -1.34. The van der Waals surface area contributed by atoms with Gasteiger partial charge in [0.25, 0.3) is 6.23 Å². The third kappa shape index (κ3) is 4.64. The first kappa shape index (κ1) is 20.0. The van der Waals surface area contributed by atoms with Crippen molar-refractivity contribution in [1.29, 1.82) is 0 Å². The molecule has 3 unspecified atom stereocenters. The second kappa shape index (κ2) is 7.50. The van der Waals surface area contributed by atoms with Crippen molar-refractivity contribution in [2.24, 2.45) is 0 Å². The fourth-order valence-corrected chi connectivity index (χ4v) is 3.13. The molecule has 142 valence electrons. The number of nitrogens with zero attached hydrogens (tertiary/aromatic N) is 4. The number of ether oxygens (including phenoxy) is 2. The number of hydrogen-bond donors (Lipinski definition) is 0. The number of quaternary nitrogens is 1. The number of aromatic nitrogens is 2. The van der Waals surface area contributed by atoms with Crippen molar-refractivity contribution in [2.75, 3.05) is 27.4 Å². The van der Waals surface area contributed by atoms with E-state index in [1.165, 1.54) is 7.11 Å². The highest BCUT2D eigenvalue weighted by molar-refractivity contribution is 7.15. The van der Waals surface area contributed by atoms with Gasteiger partial charge in [-0.05, 0) is 31.7 Å². The van der Waals surface area contributed by atoms with Crippen LogP contribution in [0.25, 0.3) is 0 Å². The first-order chi connectivity index (χ1) is 11.6. The van der Waals surface area contributed by atoms with E-state index < -0.39 is 28.0 Å². The van der Waals surface area contributed by atoms with E-state index in [4.69, 9.17) is 9.47 Å². The maximum atomic E-state index is 13.0. The quantitative estimate of drug-likeness (QED) is 0.421. The highest BCUT2D eigenvalue weighted by atomic mass is 32.1. The zero-order chi connectivity index (χ0) is 18.8. The Balaban J connectivity index is 2.12. The van der Waals surface area contributed by atoms with E-state index >= 15 is 0 Å². The summed E-state index contributed by atoms with van der Waals surface area (Å²) in [6, 6.07) is 0. The number of carbonyl (C=O) groups excluding carboxylic acids is 1. The molecule has 12 heteroatoms. The maximum Gasteiger partial charge on any atom is 0.445 e. The zero-order valence-corrected chi connectivity index (χ0v) is 14.8. The van der Waals surface area contributed by atoms with Gasteiger partial charge in [-0.3, -0.25) is 9.44 Å². The van der Waals surface area contributed by atoms with Gasteiger partial charge in [0, 0.05) is 13.5 Å². The van der Waals surface area contributed by atoms with Crippen LogP contribution in [0.3, 0.4) is 0 Å². The fourth-order valence-electron chi connectivity index (χ4n) is 2.34. The van der Waals surface area contributed by atoms with E-state index in [2.05, 4.69) is 10.2 Å². The van der Waals surface area contributed by atoms with Crippen LogP contribution >= 0.6 is 11.3 Å². The van der Waals surface area contributed by atoms with Gasteiger partial charge in [0.2, 0.25) is 5.01 Å². The van der Waals surface area contributed by atoms with Crippen LogP contribution in [0.4, 0.5) is 18.3 Å². The number of esters is 1. The van der Waals surface area contributed by atoms with Gasteiger partial charge in [0.05, 0.1) is 12.6 Å². The van der Waals surface area contributed by atoms with Crippen LogP contribution in [-0.2, 0) is 20.4 Å². The number of likely N-dealkylation sites (N-methyl/N-ethyl adjacent to an activating group) is 1. The average Bonchev–Trinajstić information content (AvgIpc) is 3.11. The van der Waals surface area contributed by atoms with Gasteiger partial charge < -0.3 is 14.7 Å². The van der Waals surface area contributed by atoms with Crippen molar-refractivity contribution in [1.82, 2.24) is 19.7 Å². The fraction of sp³-hybridized carbons (Fsp3) is 0.769. The summed E-state index contributed by atoms with van der Waals surface area (Å²) in [5, 5.41) is 17.9. The Morgan fingerprint density at radius 1 is 1.52 bits per heavy atom. The molecule has 0 bridgehead atoms. The van der Waals surface area contributed by atoms with Crippen LogP contribution in [0.5, 0.6) is 0 Å². The number of hydrogen-bond acceptors (Lipinski definition) is 8. The summed E-state index contributed by atoms with van der Waals surface area (Å²) in [4.78, 5) is 13.5. The van der Waals surface area contributed by atoms with Gasteiger partial charge in [0.15, 0.2) is 0 Å². The Kier molecular flexibility index (Phi) is 5.99. The SMILES string of the molecule is COC(C)CCC(=O)OC1CN(C)C[N+]1([O-])c1nnc(C(F)(F)F)s1. The molecule has 0 N–H and O–H groups in total. The maximum absolute atomic E-state index is 13.0. The summed E-state index contributed by atoms with van der Waals surface area (Å²) < 4.78 is 47.0. The van der Waals surface area contributed by atoms with Gasteiger partial charge in [-0.2, -0.15) is 13.2 Å². The number of methoxy groups -OCH3 is 1. The summed E-state index contributed by atoms with van der Waals surface area (Å²) >= 11 is 0.165. The molecule has 1 fully saturated rings. The lowest BCUT2D eigenvalue weighted by molar-refractivity contribution is -0.154. The van der Waals surface area contributed by atoms with Gasteiger partial charge in [-0.1, -0.05) is 5.10 Å². The normalized spacial score (nSPS) is 26.0. The summed E-state index contributed by atoms with van der Waals surface area (Å²) in [6.07, 6.45) is -5.57. The monoisotopic (exact) mass is 384 g/mol. The average molecular weight is 384 g/mol. The molecular formula is C13H19F3N4O4S. The third-order valence-corrected chi connectivity index (χ3v) is 4.87. The lowest BCUT2D eigenvalue weighted by Crippen LogP contribution is -2.50. The summed E-state index contributed by atoms with van der Waals surface area (Å²) in [5.41, 5.74) is 0. The highest BCUT2D eigenvalue weighted by Gasteiger charge is 2.47. The van der Waals surface area contributed by atoms with Gasteiger partial charge in [-0.15, -0.1) is 5.10 Å². The molecule has 1 aliphatic heterocycles. The molecule has 0 spiro atoms. The van der Waals surface area contributed by atoms with Crippen molar-refractivity contribution in [3.8, 4) is 0 Å². The van der Waals surface area contributed by atoms with Crippen LogP contribution in [0.1, 0.15) is 24.8 Å². The third-order valence-electron chi connectivity index (χ3n) is 3.79.